The molecule has 0 bridgehead atoms. The van der Waals surface area contributed by atoms with Gasteiger partial charge in [-0.2, -0.15) is 0 Å². The van der Waals surface area contributed by atoms with E-state index in [0.717, 1.165) is 24.0 Å². The maximum Gasteiger partial charge on any atom is 0.311 e. The maximum atomic E-state index is 14.5. The highest BCUT2D eigenvalue weighted by molar-refractivity contribution is 5.83. The minimum Gasteiger partial charge on any atom is -0.459 e. The van der Waals surface area contributed by atoms with Crippen LogP contribution in [0.3, 0.4) is 0 Å². The van der Waals surface area contributed by atoms with Gasteiger partial charge in [0.1, 0.15) is 29.7 Å². The second-order valence-electron chi connectivity index (χ2n) is 21.8. The molecule has 1 aromatic heterocycles. The number of Topliss-reactive ketones (excluding diaryl/α,β-unsaturated/α-hetero) is 1. The molecule has 0 saturated carbocycles. The predicted molar refractivity (Wildman–Crippen MR) is 270 cm³/mol. The van der Waals surface area contributed by atoms with Gasteiger partial charge in [0.15, 0.2) is 12.6 Å². The first kappa shape index (κ1) is 59.4. The molecule has 2 aromatic rings. The molecule has 1 unspecified atom stereocenters. The Kier molecular flexibility index (Phi) is 20.9. The molecule has 17 heteroatoms. The monoisotopic (exact) mass is 1010 g/mol. The molecule has 3 saturated heterocycles. The standard InChI is InChI=1S/C55H87N3O14/c1-15-42-55(11,65)47(61)34(5)44(59)31(2)27-54(10,67-14)49(35(6)46(36(7)51(64)70-42)71-43-28-53(9,66-13)48(62)37(8)69-43)72-52-45(60)41(26-33(4)68-52)58(12)30-32(3)50(63)57-25-16-18-38-20-22-39(23-21-38)40-19-17-24-56-29-40/h17,19-24,29,31-37,41-43,45-49,52,60-62,65H,15-16,18,25-28,30H2,1-14H3,(H,57,63)/t31-,32?,33-,34+,35+,36-,37+,41+,42-,43+,45-,46+,47-,48+,49-,52-,53-,54-,55-/m1/s1. The zero-order chi connectivity index (χ0) is 53.5. The quantitative estimate of drug-likeness (QED) is 0.107. The third-order valence-electron chi connectivity index (χ3n) is 16.1. The van der Waals surface area contributed by atoms with Crippen LogP contribution in [0.25, 0.3) is 11.1 Å². The maximum absolute atomic E-state index is 14.5. The van der Waals surface area contributed by atoms with E-state index in [2.05, 4.69) is 34.6 Å². The van der Waals surface area contributed by atoms with Gasteiger partial charge in [0, 0.05) is 75.8 Å². The number of ether oxygens (including phenoxy) is 7. The summed E-state index contributed by atoms with van der Waals surface area (Å²) in [6.07, 6.45) is -4.72. The molecule has 0 radical (unpaired) electrons. The number of aryl methyl sites for hydroxylation is 1. The largest absolute Gasteiger partial charge is 0.459 e. The van der Waals surface area contributed by atoms with Gasteiger partial charge in [-0.15, -0.1) is 0 Å². The first-order valence-electron chi connectivity index (χ1n) is 26.0. The summed E-state index contributed by atoms with van der Waals surface area (Å²) < 4.78 is 44.7. The van der Waals surface area contributed by atoms with Gasteiger partial charge < -0.3 is 58.9 Å². The number of hydrogen-bond donors (Lipinski definition) is 5. The molecular weight excluding hydrogens is 927 g/mol. The lowest BCUT2D eigenvalue weighted by molar-refractivity contribution is -0.319. The number of aliphatic hydroxyl groups is 4. The lowest BCUT2D eigenvalue weighted by atomic mass is 9.74. The van der Waals surface area contributed by atoms with E-state index in [-0.39, 0.29) is 31.0 Å². The number of pyridine rings is 1. The summed E-state index contributed by atoms with van der Waals surface area (Å²) in [5, 5.41) is 49.9. The van der Waals surface area contributed by atoms with E-state index in [9.17, 15) is 34.8 Å². The second kappa shape index (κ2) is 25.4. The summed E-state index contributed by atoms with van der Waals surface area (Å²) in [7, 11) is 4.85. The van der Waals surface area contributed by atoms with Crippen LogP contribution in [0.15, 0.2) is 48.8 Å². The molecule has 1 amide bonds. The van der Waals surface area contributed by atoms with Gasteiger partial charge in [-0.05, 0) is 103 Å². The summed E-state index contributed by atoms with van der Waals surface area (Å²) in [6, 6.07) is 11.8. The van der Waals surface area contributed by atoms with Crippen molar-refractivity contribution in [2.24, 2.45) is 29.6 Å². The Hall–Kier alpha value is -3.46. The van der Waals surface area contributed by atoms with Crippen LogP contribution in [0, 0.1) is 29.6 Å². The van der Waals surface area contributed by atoms with Crippen LogP contribution in [0.5, 0.6) is 0 Å². The van der Waals surface area contributed by atoms with E-state index in [0.29, 0.717) is 19.5 Å². The van der Waals surface area contributed by atoms with Crippen LogP contribution in [-0.4, -0.2) is 167 Å². The van der Waals surface area contributed by atoms with Gasteiger partial charge in [-0.1, -0.05) is 65.0 Å². The van der Waals surface area contributed by atoms with Crippen LogP contribution in [-0.2, 0) is 54.0 Å². The highest BCUT2D eigenvalue weighted by Crippen LogP contribution is 2.42. The Morgan fingerprint density at radius 1 is 0.903 bits per heavy atom. The molecule has 3 fully saturated rings. The van der Waals surface area contributed by atoms with Crippen molar-refractivity contribution in [3.63, 3.8) is 0 Å². The molecule has 3 aliphatic rings. The SMILES string of the molecule is CC[C@H]1OC(=O)[C@H](C)[C@@H](O[C@H]2C[C@@](C)(OC)[C@@H](O)[C@H](C)O2)[C@H](C)[C@@H](O[C@H]2O[C@H](C)C[C@H](N(C)CC(C)C(=O)NCCCc3ccc(-c4cccnc4)cc3)[C@H]2O)[C@](C)(OC)C[C@@H](C)C(=O)[C@H](C)[C@@H](O)[C@]1(C)O. The Bertz CT molecular complexity index is 2050. The van der Waals surface area contributed by atoms with Crippen molar-refractivity contribution in [3.05, 3.63) is 54.4 Å². The Morgan fingerprint density at radius 2 is 1.57 bits per heavy atom. The van der Waals surface area contributed by atoms with E-state index >= 15 is 0 Å². The lowest BCUT2D eigenvalue weighted by Gasteiger charge is -2.50. The van der Waals surface area contributed by atoms with Gasteiger partial charge >= 0.3 is 5.97 Å². The zero-order valence-electron chi connectivity index (χ0n) is 45.3. The first-order chi connectivity index (χ1) is 33.8. The summed E-state index contributed by atoms with van der Waals surface area (Å²) in [6.45, 7) is 19.6. The molecular formula is C55H87N3O14. The van der Waals surface area contributed by atoms with Crippen molar-refractivity contribution >= 4 is 17.7 Å². The number of ketones is 1. The van der Waals surface area contributed by atoms with Crippen LogP contribution >= 0.6 is 0 Å². The molecule has 19 atom stereocenters. The Balaban J connectivity index is 1.39. The van der Waals surface area contributed by atoms with Crippen molar-refractivity contribution < 1.29 is 68.0 Å². The summed E-state index contributed by atoms with van der Waals surface area (Å²) in [4.78, 5) is 48.4. The molecule has 72 heavy (non-hydrogen) atoms. The van der Waals surface area contributed by atoms with E-state index < -0.39 is 120 Å². The smallest absolute Gasteiger partial charge is 0.311 e. The van der Waals surface area contributed by atoms with Crippen molar-refractivity contribution in [1.29, 1.82) is 0 Å². The molecule has 5 rings (SSSR count). The molecule has 406 valence electrons. The van der Waals surface area contributed by atoms with Crippen molar-refractivity contribution in [2.45, 2.75) is 199 Å². The van der Waals surface area contributed by atoms with E-state index in [1.165, 1.54) is 26.7 Å². The fourth-order valence-corrected chi connectivity index (χ4v) is 11.2. The van der Waals surface area contributed by atoms with Gasteiger partial charge in [0.25, 0.3) is 0 Å². The van der Waals surface area contributed by atoms with E-state index in [4.69, 9.17) is 33.2 Å². The molecule has 1 aromatic carbocycles. The number of hydrogen-bond acceptors (Lipinski definition) is 16. The molecule has 5 N–H and O–H groups in total. The number of nitrogens with one attached hydrogen (secondary N) is 1. The topological polar surface area (TPSA) is 225 Å². The highest BCUT2D eigenvalue weighted by atomic mass is 16.7. The van der Waals surface area contributed by atoms with Gasteiger partial charge in [0.05, 0.1) is 47.6 Å². The van der Waals surface area contributed by atoms with Crippen molar-refractivity contribution in [1.82, 2.24) is 15.2 Å². The van der Waals surface area contributed by atoms with Crippen molar-refractivity contribution in [3.8, 4) is 11.1 Å². The van der Waals surface area contributed by atoms with Gasteiger partial charge in [-0.25, -0.2) is 0 Å². The fraction of sp³-hybridized carbons (Fsp3) is 0.745. The van der Waals surface area contributed by atoms with Gasteiger partial charge in [-0.3, -0.25) is 24.3 Å². The number of cyclic esters (lactones) is 1. The van der Waals surface area contributed by atoms with Crippen LogP contribution < -0.4 is 5.32 Å². The number of aliphatic hydroxyl groups excluding tert-OH is 3. The lowest BCUT2D eigenvalue weighted by Crippen LogP contribution is -2.62. The number of carbonyl (C=O) groups is 3. The average Bonchev–Trinajstić information content (AvgIpc) is 3.36. The molecule has 3 aliphatic heterocycles. The van der Waals surface area contributed by atoms with Gasteiger partial charge in [0.2, 0.25) is 5.91 Å². The van der Waals surface area contributed by atoms with E-state index in [1.807, 2.05) is 51.0 Å². The number of rotatable bonds is 16. The number of aromatic nitrogens is 1. The third-order valence-corrected chi connectivity index (χ3v) is 16.1. The minimum atomic E-state index is -2.01. The molecule has 4 heterocycles. The zero-order valence-corrected chi connectivity index (χ0v) is 45.3. The van der Waals surface area contributed by atoms with E-state index in [1.54, 1.807) is 54.7 Å². The molecule has 0 spiro atoms. The van der Waals surface area contributed by atoms with Crippen LogP contribution in [0.4, 0.5) is 0 Å². The first-order valence-corrected chi connectivity index (χ1v) is 26.0. The predicted octanol–water partition coefficient (Wildman–Crippen LogP) is 5.26. The second-order valence-corrected chi connectivity index (χ2v) is 21.8. The normalized spacial score (nSPS) is 39.0. The van der Waals surface area contributed by atoms with Crippen molar-refractivity contribution in [2.75, 3.05) is 34.4 Å². The number of amides is 1. The number of nitrogens with zero attached hydrogens (tertiary/aromatic N) is 2. The number of esters is 1. The molecule has 0 aliphatic carbocycles. The number of carbonyl (C=O) groups excluding carboxylic acids is 3. The summed E-state index contributed by atoms with van der Waals surface area (Å²) in [5.41, 5.74) is -1.11. The number of benzene rings is 1. The summed E-state index contributed by atoms with van der Waals surface area (Å²) >= 11 is 0. The molecule has 17 nitrogen and oxygen atoms in total. The highest BCUT2D eigenvalue weighted by Gasteiger charge is 2.54. The van der Waals surface area contributed by atoms with Crippen LogP contribution in [0.2, 0.25) is 0 Å². The minimum absolute atomic E-state index is 0.0526. The fourth-order valence-electron chi connectivity index (χ4n) is 11.2. The number of methoxy groups -OCH3 is 2. The third kappa shape index (κ3) is 13.9. The Morgan fingerprint density at radius 3 is 2.18 bits per heavy atom. The average molecular weight is 1010 g/mol. The number of likely N-dealkylation sites (N-methyl/N-ethyl adjacent to an activating group) is 1. The summed E-state index contributed by atoms with van der Waals surface area (Å²) in [5.74, 6) is -5.32. The van der Waals surface area contributed by atoms with Crippen LogP contribution in [0.1, 0.15) is 114 Å². The Labute approximate surface area is 428 Å².